The van der Waals surface area contributed by atoms with Crippen LogP contribution in [0.25, 0.3) is 0 Å². The van der Waals surface area contributed by atoms with Gasteiger partial charge in [0.25, 0.3) is 0 Å². The molecule has 3 heterocycles. The molecule has 0 unspecified atom stereocenters. The summed E-state index contributed by atoms with van der Waals surface area (Å²) < 4.78 is 0. The summed E-state index contributed by atoms with van der Waals surface area (Å²) in [5, 5.41) is 7.32. The van der Waals surface area contributed by atoms with Crippen LogP contribution in [0.1, 0.15) is 24.0 Å². The number of aromatic nitrogens is 3. The molecular weight excluding hydrogens is 673 g/mol. The molecule has 0 aliphatic rings. The van der Waals surface area contributed by atoms with Crippen molar-refractivity contribution >= 4 is 28.0 Å². The molecule has 0 saturated carbocycles. The smallest absolute Gasteiger partial charge is 0.286 e. The summed E-state index contributed by atoms with van der Waals surface area (Å²) in [5.41, 5.74) is 8.51. The molecule has 256 valence electrons. The van der Waals surface area contributed by atoms with Crippen LogP contribution >= 0.6 is 0 Å². The predicted molar refractivity (Wildman–Crippen MR) is 207 cm³/mol. The van der Waals surface area contributed by atoms with E-state index in [9.17, 15) is 0 Å². The van der Waals surface area contributed by atoms with Gasteiger partial charge in [0, 0.05) is 45.1 Å². The van der Waals surface area contributed by atoms with E-state index in [1.165, 1.54) is 28.8 Å². The molecule has 0 aliphatic heterocycles. The Balaban J connectivity index is 0.000000210. The molecule has 0 saturated heterocycles. The van der Waals surface area contributed by atoms with Gasteiger partial charge in [-0.25, -0.2) is 0 Å². The minimum absolute atomic E-state index is 0. The van der Waals surface area contributed by atoms with Crippen LogP contribution in [0, 0.1) is 11.3 Å². The van der Waals surface area contributed by atoms with Crippen LogP contribution in [-0.2, 0) is 36.7 Å². The van der Waals surface area contributed by atoms with E-state index in [0.717, 1.165) is 36.7 Å². The van der Waals surface area contributed by atoms with E-state index in [2.05, 4.69) is 141 Å². The van der Waals surface area contributed by atoms with Crippen molar-refractivity contribution in [2.75, 3.05) is 0 Å². The summed E-state index contributed by atoms with van der Waals surface area (Å²) >= 11 is 0. The van der Waals surface area contributed by atoms with Crippen molar-refractivity contribution in [1.82, 2.24) is 19.9 Å². The average Bonchev–Trinajstić information content (AvgIpc) is 3.19. The van der Waals surface area contributed by atoms with Crippen LogP contribution in [0.3, 0.4) is 0 Å². The summed E-state index contributed by atoms with van der Waals surface area (Å²) in [6.07, 6.45) is 4.27. The number of nitriles is 1. The summed E-state index contributed by atoms with van der Waals surface area (Å²) in [6, 6.07) is 63.3. The Morgan fingerprint density at radius 1 is 0.431 bits per heavy atom. The first-order valence-corrected chi connectivity index (χ1v) is 16.8. The molecular formula is C44H41BCuN5. The second-order valence-corrected chi connectivity index (χ2v) is 11.8. The Hall–Kier alpha value is -5.64. The molecule has 0 N–H and O–H groups in total. The Kier molecular flexibility index (Phi) is 15.6. The van der Waals surface area contributed by atoms with E-state index >= 15 is 0 Å². The van der Waals surface area contributed by atoms with E-state index in [-0.39, 0.29) is 17.1 Å². The van der Waals surface area contributed by atoms with Crippen LogP contribution in [0.15, 0.2) is 195 Å². The monoisotopic (exact) mass is 713 g/mol. The molecule has 7 heteroatoms. The van der Waals surface area contributed by atoms with Gasteiger partial charge in [-0.1, -0.05) is 140 Å². The average molecular weight is 714 g/mol. The maximum absolute atomic E-state index is 7.32. The van der Waals surface area contributed by atoms with E-state index in [4.69, 9.17) is 5.26 Å². The third kappa shape index (κ3) is 10.7. The van der Waals surface area contributed by atoms with Crippen LogP contribution in [0.4, 0.5) is 0 Å². The van der Waals surface area contributed by atoms with Gasteiger partial charge in [-0.2, -0.15) is 27.1 Å². The first-order chi connectivity index (χ1) is 24.7. The van der Waals surface area contributed by atoms with Gasteiger partial charge in [0.05, 0.1) is 23.2 Å². The topological polar surface area (TPSA) is 65.7 Å². The van der Waals surface area contributed by atoms with Crippen molar-refractivity contribution in [3.8, 4) is 6.07 Å². The zero-order chi connectivity index (χ0) is 34.7. The van der Waals surface area contributed by atoms with Gasteiger partial charge in [-0.15, -0.1) is 0 Å². The zero-order valence-electron chi connectivity index (χ0n) is 28.7. The van der Waals surface area contributed by atoms with Gasteiger partial charge in [-0.3, -0.25) is 19.9 Å². The largest absolute Gasteiger partial charge is 1.00 e. The third-order valence-corrected chi connectivity index (χ3v) is 8.53. The molecule has 7 aromatic rings. The number of nitrogens with zero attached hydrogens (tertiary/aromatic N) is 5. The standard InChI is InChI=1S/C24H20B.C18H18N4.C2H3N.Cu/c1-5-13-21(14-6-1)25(22-15-7-2-8-16-22,23-17-9-3-10-18-23)24-19-11-4-12-20-24;1-4-10-19-16(7-1)13-22(14-17-8-2-5-11-20-17)15-18-9-3-6-12-21-18;1-2-3;/h1-20H;1-12H,13-15H2;1H3;/q-1;;;+1. The molecule has 0 atom stereocenters. The van der Waals surface area contributed by atoms with Crippen molar-refractivity contribution in [2.45, 2.75) is 26.6 Å². The van der Waals surface area contributed by atoms with Crippen LogP contribution < -0.4 is 21.9 Å². The molecule has 0 spiro atoms. The molecule has 0 amide bonds. The van der Waals surface area contributed by atoms with Gasteiger partial charge in [0.2, 0.25) is 0 Å². The minimum Gasteiger partial charge on any atom is -0.286 e. The summed E-state index contributed by atoms with van der Waals surface area (Å²) in [4.78, 5) is 15.6. The molecule has 7 rings (SSSR count). The van der Waals surface area contributed by atoms with Gasteiger partial charge in [0.1, 0.15) is 6.15 Å². The van der Waals surface area contributed by atoms with Crippen LogP contribution in [0.2, 0.25) is 0 Å². The van der Waals surface area contributed by atoms with Crippen LogP contribution in [0.5, 0.6) is 0 Å². The number of rotatable bonds is 10. The molecule has 51 heavy (non-hydrogen) atoms. The fraction of sp³-hybridized carbons (Fsp3) is 0.0909. The van der Waals surface area contributed by atoms with Crippen molar-refractivity contribution in [3.05, 3.63) is 212 Å². The van der Waals surface area contributed by atoms with Gasteiger partial charge in [-0.05, 0) is 36.4 Å². The number of benzene rings is 4. The van der Waals surface area contributed by atoms with Crippen molar-refractivity contribution in [2.24, 2.45) is 0 Å². The number of pyridine rings is 3. The predicted octanol–water partition coefficient (Wildman–Crippen LogP) is 6.67. The number of hydrogen-bond donors (Lipinski definition) is 0. The minimum atomic E-state index is -1.22. The van der Waals surface area contributed by atoms with Gasteiger partial charge < -0.3 is 0 Å². The fourth-order valence-electron chi connectivity index (χ4n) is 6.45. The Morgan fingerprint density at radius 2 is 0.667 bits per heavy atom. The third-order valence-electron chi connectivity index (χ3n) is 8.53. The van der Waals surface area contributed by atoms with E-state index in [1.54, 1.807) is 6.07 Å². The van der Waals surface area contributed by atoms with Gasteiger partial charge >= 0.3 is 17.1 Å². The SMILES string of the molecule is CC#N.[Cu+].c1ccc(CN(Cc2ccccn2)Cc2ccccn2)nc1.c1ccc([B-](c2ccccc2)(c2ccccc2)c2ccccc2)cc1. The van der Waals surface area contributed by atoms with Crippen molar-refractivity contribution in [3.63, 3.8) is 0 Å². The second kappa shape index (κ2) is 20.8. The normalized spacial score (nSPS) is 10.3. The first kappa shape index (κ1) is 38.2. The van der Waals surface area contributed by atoms with E-state index in [0.29, 0.717) is 0 Å². The van der Waals surface area contributed by atoms with Gasteiger partial charge in [0.15, 0.2) is 0 Å². The maximum atomic E-state index is 7.32. The van der Waals surface area contributed by atoms with Crippen LogP contribution in [-0.4, -0.2) is 26.0 Å². The molecule has 3 aromatic heterocycles. The molecule has 0 radical (unpaired) electrons. The zero-order valence-corrected chi connectivity index (χ0v) is 29.7. The maximum Gasteiger partial charge on any atom is 1.00 e. The Bertz CT molecular complexity index is 1720. The second-order valence-electron chi connectivity index (χ2n) is 11.8. The molecule has 5 nitrogen and oxygen atoms in total. The van der Waals surface area contributed by atoms with Crippen molar-refractivity contribution in [1.29, 1.82) is 5.26 Å². The quantitative estimate of drug-likeness (QED) is 0.148. The summed E-state index contributed by atoms with van der Waals surface area (Å²) in [5.74, 6) is 0. The first-order valence-electron chi connectivity index (χ1n) is 16.8. The van der Waals surface area contributed by atoms with E-state index < -0.39 is 6.15 Å². The molecule has 0 bridgehead atoms. The summed E-state index contributed by atoms with van der Waals surface area (Å²) in [7, 11) is 0. The molecule has 4 aromatic carbocycles. The molecule has 0 fully saturated rings. The Labute approximate surface area is 313 Å². The Morgan fingerprint density at radius 3 is 0.882 bits per heavy atom. The van der Waals surface area contributed by atoms with E-state index in [1.807, 2.05) is 73.2 Å². The summed E-state index contributed by atoms with van der Waals surface area (Å²) in [6.45, 7) is 3.75. The molecule has 0 aliphatic carbocycles. The fourth-order valence-corrected chi connectivity index (χ4v) is 6.45. The number of hydrogen-bond acceptors (Lipinski definition) is 5. The van der Waals surface area contributed by atoms with Crippen molar-refractivity contribution < 1.29 is 17.1 Å².